The molecule has 0 aliphatic heterocycles. The molecule has 0 spiro atoms. The number of ether oxygens (including phenoxy) is 2. The number of nitrogens with one attached hydrogen (secondary N) is 1. The fraction of sp³-hybridized carbons (Fsp3) is 0.188. The Morgan fingerprint density at radius 3 is 2.62 bits per heavy atom. The van der Waals surface area contributed by atoms with E-state index in [2.05, 4.69) is 11.4 Å². The van der Waals surface area contributed by atoms with Crippen LogP contribution in [0.3, 0.4) is 0 Å². The third-order valence-electron chi connectivity index (χ3n) is 3.07. The van der Waals surface area contributed by atoms with Gasteiger partial charge in [0.25, 0.3) is 0 Å². The second-order valence-corrected chi connectivity index (χ2v) is 4.77. The third kappa shape index (κ3) is 3.59. The average Bonchev–Trinajstić information content (AvgIpc) is 2.52. The Balaban J connectivity index is 2.20. The molecule has 2 aromatic rings. The van der Waals surface area contributed by atoms with Crippen LogP contribution in [-0.4, -0.2) is 14.2 Å². The number of hydrogen-bond donors (Lipinski definition) is 1. The van der Waals surface area contributed by atoms with Gasteiger partial charge in [0.2, 0.25) is 0 Å². The van der Waals surface area contributed by atoms with E-state index in [-0.39, 0.29) is 0 Å². The fourth-order valence-electron chi connectivity index (χ4n) is 1.95. The van der Waals surface area contributed by atoms with Crippen molar-refractivity contribution in [1.82, 2.24) is 0 Å². The first kappa shape index (κ1) is 15.0. The standard InChI is InChI=1S/C16H15ClN2O2/c1-20-14-6-4-12(16(8-14)21-2)10-19-15-7-13(17)5-3-11(15)9-18/h3-8,19H,10H2,1-2H3. The van der Waals surface area contributed by atoms with E-state index in [0.717, 1.165) is 17.1 Å². The smallest absolute Gasteiger partial charge is 0.127 e. The van der Waals surface area contributed by atoms with Gasteiger partial charge in [0.15, 0.2) is 0 Å². The van der Waals surface area contributed by atoms with Crippen molar-refractivity contribution < 1.29 is 9.47 Å². The second-order valence-electron chi connectivity index (χ2n) is 4.33. The van der Waals surface area contributed by atoms with Crippen LogP contribution in [0.4, 0.5) is 5.69 Å². The Kier molecular flexibility index (Phi) is 4.91. The summed E-state index contributed by atoms with van der Waals surface area (Å²) in [6.45, 7) is 0.516. The number of nitrogens with zero attached hydrogens (tertiary/aromatic N) is 1. The first-order valence-electron chi connectivity index (χ1n) is 6.32. The van der Waals surface area contributed by atoms with Crippen LogP contribution in [-0.2, 0) is 6.54 Å². The molecule has 0 amide bonds. The number of anilines is 1. The Morgan fingerprint density at radius 2 is 1.95 bits per heavy atom. The highest BCUT2D eigenvalue weighted by molar-refractivity contribution is 6.30. The van der Waals surface area contributed by atoms with E-state index in [1.165, 1.54) is 0 Å². The number of halogens is 1. The van der Waals surface area contributed by atoms with Crippen LogP contribution in [0, 0.1) is 11.3 Å². The van der Waals surface area contributed by atoms with Gasteiger partial charge in [-0.2, -0.15) is 5.26 Å². The van der Waals surface area contributed by atoms with Gasteiger partial charge in [-0.15, -0.1) is 0 Å². The molecule has 0 radical (unpaired) electrons. The predicted molar refractivity (Wildman–Crippen MR) is 83.0 cm³/mol. The summed E-state index contributed by atoms with van der Waals surface area (Å²) in [5, 5.41) is 12.9. The zero-order valence-corrected chi connectivity index (χ0v) is 12.6. The van der Waals surface area contributed by atoms with Crippen molar-refractivity contribution in [2.45, 2.75) is 6.54 Å². The summed E-state index contributed by atoms with van der Waals surface area (Å²) in [7, 11) is 3.22. The van der Waals surface area contributed by atoms with Crippen LogP contribution in [0.1, 0.15) is 11.1 Å². The highest BCUT2D eigenvalue weighted by Crippen LogP contribution is 2.26. The van der Waals surface area contributed by atoms with E-state index in [4.69, 9.17) is 26.3 Å². The minimum Gasteiger partial charge on any atom is -0.497 e. The van der Waals surface area contributed by atoms with Gasteiger partial charge in [0, 0.05) is 23.2 Å². The fourth-order valence-corrected chi connectivity index (χ4v) is 2.12. The van der Waals surface area contributed by atoms with Crippen LogP contribution in [0.15, 0.2) is 36.4 Å². The summed E-state index contributed by atoms with van der Waals surface area (Å²) in [4.78, 5) is 0. The van der Waals surface area contributed by atoms with Gasteiger partial charge in [-0.3, -0.25) is 0 Å². The minimum atomic E-state index is 0.516. The molecule has 4 nitrogen and oxygen atoms in total. The van der Waals surface area contributed by atoms with Crippen LogP contribution < -0.4 is 14.8 Å². The van der Waals surface area contributed by atoms with Crippen LogP contribution in [0.2, 0.25) is 5.02 Å². The molecule has 0 aromatic heterocycles. The molecule has 1 N–H and O–H groups in total. The lowest BCUT2D eigenvalue weighted by molar-refractivity contribution is 0.391. The first-order valence-corrected chi connectivity index (χ1v) is 6.70. The Morgan fingerprint density at radius 1 is 1.14 bits per heavy atom. The van der Waals surface area contributed by atoms with E-state index in [9.17, 15) is 0 Å². The molecule has 0 fully saturated rings. The maximum absolute atomic E-state index is 9.10. The molecule has 0 aliphatic carbocycles. The number of hydrogen-bond acceptors (Lipinski definition) is 4. The zero-order chi connectivity index (χ0) is 15.2. The lowest BCUT2D eigenvalue weighted by Crippen LogP contribution is -2.03. The molecule has 0 atom stereocenters. The molecule has 0 aliphatic rings. The van der Waals surface area contributed by atoms with Crippen molar-refractivity contribution in [2.75, 3.05) is 19.5 Å². The SMILES string of the molecule is COc1ccc(CNc2cc(Cl)ccc2C#N)c(OC)c1. The molecular weight excluding hydrogens is 288 g/mol. The second kappa shape index (κ2) is 6.87. The molecule has 5 heteroatoms. The van der Waals surface area contributed by atoms with Gasteiger partial charge in [-0.1, -0.05) is 11.6 Å². The molecule has 0 heterocycles. The van der Waals surface area contributed by atoms with E-state index in [0.29, 0.717) is 22.8 Å². The van der Waals surface area contributed by atoms with Gasteiger partial charge in [0.1, 0.15) is 17.6 Å². The van der Waals surface area contributed by atoms with Gasteiger partial charge in [-0.25, -0.2) is 0 Å². The van der Waals surface area contributed by atoms with Crippen LogP contribution in [0.5, 0.6) is 11.5 Å². The monoisotopic (exact) mass is 302 g/mol. The minimum absolute atomic E-state index is 0.516. The molecule has 0 saturated carbocycles. The van der Waals surface area contributed by atoms with Crippen molar-refractivity contribution in [2.24, 2.45) is 0 Å². The maximum atomic E-state index is 9.10. The average molecular weight is 303 g/mol. The normalized spacial score (nSPS) is 9.81. The highest BCUT2D eigenvalue weighted by atomic mass is 35.5. The van der Waals surface area contributed by atoms with Crippen molar-refractivity contribution in [3.05, 3.63) is 52.5 Å². The van der Waals surface area contributed by atoms with E-state index in [1.807, 2.05) is 18.2 Å². The van der Waals surface area contributed by atoms with E-state index < -0.39 is 0 Å². The quantitative estimate of drug-likeness (QED) is 0.911. The highest BCUT2D eigenvalue weighted by Gasteiger charge is 2.07. The van der Waals surface area contributed by atoms with Crippen molar-refractivity contribution in [3.63, 3.8) is 0 Å². The summed E-state index contributed by atoms with van der Waals surface area (Å²) in [6.07, 6.45) is 0. The topological polar surface area (TPSA) is 54.3 Å². The van der Waals surface area contributed by atoms with Gasteiger partial charge >= 0.3 is 0 Å². The van der Waals surface area contributed by atoms with Crippen LogP contribution >= 0.6 is 11.6 Å². The molecule has 2 rings (SSSR count). The van der Waals surface area contributed by atoms with E-state index >= 15 is 0 Å². The lowest BCUT2D eigenvalue weighted by atomic mass is 10.1. The summed E-state index contributed by atoms with van der Waals surface area (Å²) >= 11 is 5.96. The summed E-state index contributed by atoms with van der Waals surface area (Å²) in [5.74, 6) is 1.46. The Bertz CT molecular complexity index is 680. The molecule has 21 heavy (non-hydrogen) atoms. The lowest BCUT2D eigenvalue weighted by Gasteiger charge is -2.13. The number of nitriles is 1. The third-order valence-corrected chi connectivity index (χ3v) is 3.30. The molecule has 0 unspecified atom stereocenters. The van der Waals surface area contributed by atoms with Crippen molar-refractivity contribution in [3.8, 4) is 17.6 Å². The zero-order valence-electron chi connectivity index (χ0n) is 11.8. The molecule has 0 bridgehead atoms. The van der Waals surface area contributed by atoms with E-state index in [1.54, 1.807) is 32.4 Å². The molecule has 0 saturated heterocycles. The molecule has 108 valence electrons. The molecular formula is C16H15ClN2O2. The van der Waals surface area contributed by atoms with Crippen LogP contribution in [0.25, 0.3) is 0 Å². The molecule has 2 aromatic carbocycles. The number of rotatable bonds is 5. The predicted octanol–water partition coefficient (Wildman–Crippen LogP) is 3.84. The first-order chi connectivity index (χ1) is 10.2. The van der Waals surface area contributed by atoms with Crippen molar-refractivity contribution >= 4 is 17.3 Å². The number of methoxy groups -OCH3 is 2. The maximum Gasteiger partial charge on any atom is 0.127 e. The summed E-state index contributed by atoms with van der Waals surface area (Å²) < 4.78 is 10.5. The van der Waals surface area contributed by atoms with Gasteiger partial charge < -0.3 is 14.8 Å². The summed E-state index contributed by atoms with van der Waals surface area (Å²) in [6, 6.07) is 12.9. The van der Waals surface area contributed by atoms with Gasteiger partial charge in [0.05, 0.1) is 25.5 Å². The van der Waals surface area contributed by atoms with Gasteiger partial charge in [-0.05, 0) is 30.3 Å². The Hall–Kier alpha value is -2.38. The summed E-state index contributed by atoms with van der Waals surface area (Å²) in [5.41, 5.74) is 2.21. The van der Waals surface area contributed by atoms with Crippen molar-refractivity contribution in [1.29, 1.82) is 5.26 Å². The number of benzene rings is 2. The Labute approximate surface area is 128 Å². The largest absolute Gasteiger partial charge is 0.497 e.